The maximum Gasteiger partial charge on any atom is 0.327 e. The van der Waals surface area contributed by atoms with Gasteiger partial charge in [0.05, 0.1) is 6.61 Å². The van der Waals surface area contributed by atoms with Crippen molar-refractivity contribution in [1.82, 2.24) is 5.32 Å². The largest absolute Gasteiger partial charge is 0.508 e. The van der Waals surface area contributed by atoms with Crippen molar-refractivity contribution in [3.8, 4) is 5.75 Å². The number of hydrogen-bond donors (Lipinski definition) is 2. The molecule has 2 N–H and O–H groups in total. The van der Waals surface area contributed by atoms with E-state index in [9.17, 15) is 9.90 Å². The number of rotatable bonds is 5. The van der Waals surface area contributed by atoms with Crippen molar-refractivity contribution in [2.75, 3.05) is 6.61 Å². The first-order chi connectivity index (χ1) is 9.70. The topological polar surface area (TPSA) is 58.6 Å². The molecule has 1 aliphatic rings. The van der Waals surface area contributed by atoms with Crippen molar-refractivity contribution in [3.05, 3.63) is 29.8 Å². The predicted octanol–water partition coefficient (Wildman–Crippen LogP) is 2.92. The summed E-state index contributed by atoms with van der Waals surface area (Å²) in [5.74, 6) is -0.106. The van der Waals surface area contributed by atoms with Crippen LogP contribution in [0.25, 0.3) is 0 Å². The minimum Gasteiger partial charge on any atom is -0.508 e. The predicted molar refractivity (Wildman–Crippen MR) is 77.5 cm³/mol. The van der Waals surface area contributed by atoms with Crippen LogP contribution in [0.1, 0.15) is 50.6 Å². The van der Waals surface area contributed by atoms with Crippen LogP contribution in [0, 0.1) is 0 Å². The molecule has 20 heavy (non-hydrogen) atoms. The van der Waals surface area contributed by atoms with Crippen molar-refractivity contribution < 1.29 is 14.6 Å². The molecule has 0 aromatic heterocycles. The molecule has 1 saturated carbocycles. The number of aromatic hydroxyl groups is 1. The Morgan fingerprint density at radius 3 is 2.80 bits per heavy atom. The zero-order valence-electron chi connectivity index (χ0n) is 12.0. The van der Waals surface area contributed by atoms with Crippen molar-refractivity contribution in [2.24, 2.45) is 0 Å². The van der Waals surface area contributed by atoms with E-state index in [-0.39, 0.29) is 11.7 Å². The summed E-state index contributed by atoms with van der Waals surface area (Å²) in [5, 5.41) is 13.0. The second-order valence-electron chi connectivity index (χ2n) is 5.28. The van der Waals surface area contributed by atoms with Crippen LogP contribution < -0.4 is 5.32 Å². The first-order valence-electron chi connectivity index (χ1n) is 7.42. The lowest BCUT2D eigenvalue weighted by molar-refractivity contribution is -0.146. The molecular formula is C16H23NO3. The van der Waals surface area contributed by atoms with Gasteiger partial charge in [-0.25, -0.2) is 4.79 Å². The molecular weight excluding hydrogens is 254 g/mol. The standard InChI is InChI=1S/C16H23NO3/c1-2-20-16(19)15(12-7-6-10-14(18)11-12)17-13-8-4-3-5-9-13/h6-7,10-11,13,15,17-18H,2-5,8-9H2,1H3. The highest BCUT2D eigenvalue weighted by Crippen LogP contribution is 2.24. The first kappa shape index (κ1) is 14.9. The fraction of sp³-hybridized carbons (Fsp3) is 0.562. The van der Waals surface area contributed by atoms with Crippen LogP contribution in [-0.2, 0) is 9.53 Å². The molecule has 0 amide bonds. The van der Waals surface area contributed by atoms with Crippen LogP contribution in [0.3, 0.4) is 0 Å². The van der Waals surface area contributed by atoms with Crippen LogP contribution in [0.15, 0.2) is 24.3 Å². The van der Waals surface area contributed by atoms with Gasteiger partial charge in [0.25, 0.3) is 0 Å². The highest BCUT2D eigenvalue weighted by atomic mass is 16.5. The van der Waals surface area contributed by atoms with E-state index in [1.807, 2.05) is 6.07 Å². The number of hydrogen-bond acceptors (Lipinski definition) is 4. The van der Waals surface area contributed by atoms with Crippen molar-refractivity contribution in [2.45, 2.75) is 51.1 Å². The van der Waals surface area contributed by atoms with Gasteiger partial charge in [-0.05, 0) is 37.5 Å². The fourth-order valence-electron chi connectivity index (χ4n) is 2.74. The van der Waals surface area contributed by atoms with Gasteiger partial charge in [-0.1, -0.05) is 31.4 Å². The number of phenolic OH excluding ortho intramolecular Hbond substituents is 1. The molecule has 1 aromatic carbocycles. The quantitative estimate of drug-likeness (QED) is 0.812. The van der Waals surface area contributed by atoms with Gasteiger partial charge in [-0.15, -0.1) is 0 Å². The van der Waals surface area contributed by atoms with Crippen LogP contribution in [0.4, 0.5) is 0 Å². The number of esters is 1. The summed E-state index contributed by atoms with van der Waals surface area (Å²) in [6.45, 7) is 2.17. The second-order valence-corrected chi connectivity index (χ2v) is 5.28. The van der Waals surface area contributed by atoms with E-state index >= 15 is 0 Å². The Labute approximate surface area is 120 Å². The minimum atomic E-state index is -0.495. The number of phenols is 1. The summed E-state index contributed by atoms with van der Waals surface area (Å²) >= 11 is 0. The lowest BCUT2D eigenvalue weighted by Gasteiger charge is -2.27. The Balaban J connectivity index is 2.13. The Bertz CT molecular complexity index is 441. The van der Waals surface area contributed by atoms with Crippen LogP contribution in [0.5, 0.6) is 5.75 Å². The molecule has 2 rings (SSSR count). The van der Waals surface area contributed by atoms with Crippen LogP contribution >= 0.6 is 0 Å². The molecule has 0 heterocycles. The molecule has 1 aliphatic carbocycles. The summed E-state index contributed by atoms with van der Waals surface area (Å²) < 4.78 is 5.16. The van der Waals surface area contributed by atoms with Crippen molar-refractivity contribution in [1.29, 1.82) is 0 Å². The van der Waals surface area contributed by atoms with E-state index in [1.165, 1.54) is 19.3 Å². The summed E-state index contributed by atoms with van der Waals surface area (Å²) in [4.78, 5) is 12.2. The van der Waals surface area contributed by atoms with Gasteiger partial charge in [0.2, 0.25) is 0 Å². The maximum absolute atomic E-state index is 12.2. The molecule has 0 bridgehead atoms. The normalized spacial score (nSPS) is 17.6. The molecule has 110 valence electrons. The molecule has 0 spiro atoms. The number of carbonyl (C=O) groups excluding carboxylic acids is 1. The third kappa shape index (κ3) is 3.97. The average Bonchev–Trinajstić information content (AvgIpc) is 2.46. The summed E-state index contributed by atoms with van der Waals surface area (Å²) in [6, 6.07) is 6.67. The van der Waals surface area contributed by atoms with Crippen LogP contribution in [-0.4, -0.2) is 23.7 Å². The molecule has 1 fully saturated rings. The number of ether oxygens (including phenoxy) is 1. The highest BCUT2D eigenvalue weighted by Gasteiger charge is 2.26. The third-order valence-electron chi connectivity index (χ3n) is 3.73. The summed E-state index contributed by atoms with van der Waals surface area (Å²) in [6.07, 6.45) is 5.86. The number of carbonyl (C=O) groups is 1. The lowest BCUT2D eigenvalue weighted by Crippen LogP contribution is -2.39. The molecule has 0 aliphatic heterocycles. The lowest BCUT2D eigenvalue weighted by atomic mass is 9.94. The Hall–Kier alpha value is -1.55. The Morgan fingerprint density at radius 1 is 1.40 bits per heavy atom. The van der Waals surface area contributed by atoms with E-state index in [0.29, 0.717) is 12.6 Å². The Morgan fingerprint density at radius 2 is 2.15 bits per heavy atom. The number of nitrogens with one attached hydrogen (secondary N) is 1. The number of benzene rings is 1. The van der Waals surface area contributed by atoms with E-state index in [0.717, 1.165) is 18.4 Å². The van der Waals surface area contributed by atoms with Gasteiger partial charge in [0, 0.05) is 6.04 Å². The highest BCUT2D eigenvalue weighted by molar-refractivity contribution is 5.77. The maximum atomic E-state index is 12.2. The first-order valence-corrected chi connectivity index (χ1v) is 7.42. The van der Waals surface area contributed by atoms with Crippen molar-refractivity contribution in [3.63, 3.8) is 0 Å². The zero-order valence-corrected chi connectivity index (χ0v) is 12.0. The van der Waals surface area contributed by atoms with Gasteiger partial charge >= 0.3 is 5.97 Å². The van der Waals surface area contributed by atoms with E-state index in [4.69, 9.17) is 4.74 Å². The van der Waals surface area contributed by atoms with Crippen molar-refractivity contribution >= 4 is 5.97 Å². The monoisotopic (exact) mass is 277 g/mol. The smallest absolute Gasteiger partial charge is 0.327 e. The van der Waals surface area contributed by atoms with E-state index < -0.39 is 6.04 Å². The molecule has 4 heteroatoms. The summed E-state index contributed by atoms with van der Waals surface area (Å²) in [7, 11) is 0. The fourth-order valence-corrected chi connectivity index (χ4v) is 2.74. The molecule has 1 atom stereocenters. The average molecular weight is 277 g/mol. The zero-order chi connectivity index (χ0) is 14.4. The molecule has 0 radical (unpaired) electrons. The van der Waals surface area contributed by atoms with Gasteiger partial charge < -0.3 is 9.84 Å². The van der Waals surface area contributed by atoms with Gasteiger partial charge in [0.15, 0.2) is 0 Å². The van der Waals surface area contributed by atoms with E-state index in [2.05, 4.69) is 5.32 Å². The van der Waals surface area contributed by atoms with Gasteiger partial charge in [-0.3, -0.25) is 5.32 Å². The second kappa shape index (κ2) is 7.29. The molecule has 1 unspecified atom stereocenters. The SMILES string of the molecule is CCOC(=O)C(NC1CCCCC1)c1cccc(O)c1. The molecule has 1 aromatic rings. The molecule has 4 nitrogen and oxygen atoms in total. The summed E-state index contributed by atoms with van der Waals surface area (Å²) in [5.41, 5.74) is 0.758. The van der Waals surface area contributed by atoms with E-state index in [1.54, 1.807) is 25.1 Å². The third-order valence-corrected chi connectivity index (χ3v) is 3.73. The Kier molecular flexibility index (Phi) is 5.41. The minimum absolute atomic E-state index is 0.169. The molecule has 0 saturated heterocycles. The van der Waals surface area contributed by atoms with Gasteiger partial charge in [-0.2, -0.15) is 0 Å². The van der Waals surface area contributed by atoms with Crippen LogP contribution in [0.2, 0.25) is 0 Å². The van der Waals surface area contributed by atoms with Gasteiger partial charge in [0.1, 0.15) is 11.8 Å².